The fourth-order valence-electron chi connectivity index (χ4n) is 0.975. The Morgan fingerprint density at radius 3 is 3.12 bits per heavy atom. The van der Waals surface area contributed by atoms with Crippen LogP contribution in [0.1, 0.15) is 12.2 Å². The van der Waals surface area contributed by atoms with Crippen molar-refractivity contribution < 1.29 is 4.74 Å². The molecule has 90 valence electrons. The van der Waals surface area contributed by atoms with Crippen molar-refractivity contribution in [2.75, 3.05) is 20.3 Å². The van der Waals surface area contributed by atoms with Gasteiger partial charge < -0.3 is 10.1 Å². The van der Waals surface area contributed by atoms with Crippen molar-refractivity contribution in [1.82, 2.24) is 31.4 Å². The van der Waals surface area contributed by atoms with Crippen molar-refractivity contribution in [3.8, 4) is 0 Å². The Hall–Kier alpha value is -1.74. The Morgan fingerprint density at radius 1 is 1.62 bits per heavy atom. The average molecular weight is 228 g/mol. The predicted molar refractivity (Wildman–Crippen MR) is 57.1 cm³/mol. The molecule has 0 fully saturated rings. The average Bonchev–Trinajstić information content (AvgIpc) is 2.81. The van der Waals surface area contributed by atoms with Crippen molar-refractivity contribution >= 4 is 5.96 Å². The van der Waals surface area contributed by atoms with Crippen LogP contribution < -0.4 is 16.6 Å². The summed E-state index contributed by atoms with van der Waals surface area (Å²) in [6, 6.07) is 0. The van der Waals surface area contributed by atoms with E-state index in [2.05, 4.69) is 36.4 Å². The molecule has 0 aliphatic carbocycles. The maximum absolute atomic E-state index is 5.29. The van der Waals surface area contributed by atoms with Crippen LogP contribution in [-0.4, -0.2) is 46.8 Å². The number of rotatable bonds is 6. The second-order valence-electron chi connectivity index (χ2n) is 2.91. The molecule has 0 saturated heterocycles. The number of guanidine groups is 1. The molecule has 9 heteroatoms. The van der Waals surface area contributed by atoms with E-state index < -0.39 is 0 Å². The van der Waals surface area contributed by atoms with Gasteiger partial charge in [-0.3, -0.25) is 5.43 Å². The van der Waals surface area contributed by atoms with Gasteiger partial charge in [0.2, 0.25) is 5.96 Å². The molecule has 1 rings (SSSR count). The van der Waals surface area contributed by atoms with Crippen LogP contribution in [-0.2, 0) is 11.3 Å². The highest BCUT2D eigenvalue weighted by atomic mass is 16.5. The number of tetrazole rings is 1. The number of hydrazine groups is 1. The summed E-state index contributed by atoms with van der Waals surface area (Å²) in [4.78, 5) is 4.13. The van der Waals surface area contributed by atoms with E-state index in [1.807, 2.05) is 0 Å². The molecular formula is C7H16N8O. The lowest BCUT2D eigenvalue weighted by molar-refractivity contribution is 0.195. The number of nitrogens with one attached hydrogen (secondary N) is 3. The Balaban J connectivity index is 2.27. The molecule has 9 nitrogen and oxygen atoms in total. The molecular weight excluding hydrogens is 212 g/mol. The number of hydrogen-bond donors (Lipinski definition) is 4. The van der Waals surface area contributed by atoms with E-state index in [0.29, 0.717) is 24.9 Å². The number of ether oxygens (including phenoxy) is 1. The molecule has 5 N–H and O–H groups in total. The van der Waals surface area contributed by atoms with Gasteiger partial charge in [0.05, 0.1) is 0 Å². The zero-order chi connectivity index (χ0) is 11.6. The van der Waals surface area contributed by atoms with Crippen molar-refractivity contribution in [3.63, 3.8) is 0 Å². The molecule has 1 aromatic heterocycles. The maximum atomic E-state index is 5.29. The van der Waals surface area contributed by atoms with Gasteiger partial charge >= 0.3 is 0 Å². The van der Waals surface area contributed by atoms with E-state index in [9.17, 15) is 0 Å². The summed E-state index contributed by atoms with van der Waals surface area (Å²) in [6.07, 6.45) is 0.874. The van der Waals surface area contributed by atoms with Crippen LogP contribution >= 0.6 is 0 Å². The number of hydrogen-bond acceptors (Lipinski definition) is 6. The van der Waals surface area contributed by atoms with Crippen LogP contribution in [0.2, 0.25) is 0 Å². The summed E-state index contributed by atoms with van der Waals surface area (Å²) in [5.41, 5.74) is 2.45. The standard InChI is InChI=1S/C7H16N8O/c1-16-4-2-3-9-7(11-8)10-5-6-12-14-15-13-6/h2-5,8H2,1H3,(H2,9,10,11)(H,12,13,14,15). The van der Waals surface area contributed by atoms with Gasteiger partial charge in [-0.1, -0.05) is 5.21 Å². The lowest BCUT2D eigenvalue weighted by Crippen LogP contribution is -2.42. The predicted octanol–water partition coefficient (Wildman–Crippen LogP) is -1.85. The van der Waals surface area contributed by atoms with E-state index in [1.54, 1.807) is 7.11 Å². The number of methoxy groups -OCH3 is 1. The van der Waals surface area contributed by atoms with Gasteiger partial charge in [-0.05, 0) is 6.42 Å². The Bertz CT molecular complexity index is 297. The molecule has 0 aliphatic heterocycles. The SMILES string of the molecule is COCCCNC(=NCc1nn[nH]n1)NN. The molecule has 0 spiro atoms. The summed E-state index contributed by atoms with van der Waals surface area (Å²) in [6.45, 7) is 1.73. The molecule has 0 unspecified atom stereocenters. The van der Waals surface area contributed by atoms with Gasteiger partial charge in [0.25, 0.3) is 0 Å². The molecule has 0 aliphatic rings. The Labute approximate surface area is 92.8 Å². The fourth-order valence-corrected chi connectivity index (χ4v) is 0.975. The fraction of sp³-hybridized carbons (Fsp3) is 0.714. The topological polar surface area (TPSA) is 126 Å². The quantitative estimate of drug-likeness (QED) is 0.148. The van der Waals surface area contributed by atoms with Crippen LogP contribution in [0, 0.1) is 0 Å². The van der Waals surface area contributed by atoms with E-state index >= 15 is 0 Å². The molecule has 0 atom stereocenters. The molecule has 1 aromatic rings. The van der Waals surface area contributed by atoms with Gasteiger partial charge in [0, 0.05) is 20.3 Å². The van der Waals surface area contributed by atoms with E-state index in [0.717, 1.165) is 13.0 Å². The van der Waals surface area contributed by atoms with Crippen molar-refractivity contribution in [1.29, 1.82) is 0 Å². The maximum Gasteiger partial charge on any atom is 0.206 e. The molecule has 0 radical (unpaired) electrons. The molecule has 16 heavy (non-hydrogen) atoms. The second kappa shape index (κ2) is 7.54. The number of aliphatic imine (C=N–C) groups is 1. The molecule has 1 heterocycles. The van der Waals surface area contributed by atoms with Gasteiger partial charge in [-0.2, -0.15) is 5.21 Å². The van der Waals surface area contributed by atoms with Crippen LogP contribution in [0.4, 0.5) is 0 Å². The van der Waals surface area contributed by atoms with Gasteiger partial charge in [0.1, 0.15) is 6.54 Å². The summed E-state index contributed by atoms with van der Waals surface area (Å²) < 4.78 is 4.91. The van der Waals surface area contributed by atoms with E-state index in [-0.39, 0.29) is 0 Å². The highest BCUT2D eigenvalue weighted by Gasteiger charge is 1.98. The first-order valence-electron chi connectivity index (χ1n) is 4.83. The van der Waals surface area contributed by atoms with Gasteiger partial charge in [0.15, 0.2) is 5.82 Å². The van der Waals surface area contributed by atoms with E-state index in [4.69, 9.17) is 10.6 Å². The minimum atomic E-state index is 0.313. The van der Waals surface area contributed by atoms with Gasteiger partial charge in [-0.25, -0.2) is 10.8 Å². The lowest BCUT2D eigenvalue weighted by atomic mass is 10.4. The first-order valence-corrected chi connectivity index (χ1v) is 4.83. The minimum absolute atomic E-state index is 0.313. The summed E-state index contributed by atoms with van der Waals surface area (Å²) in [5, 5.41) is 16.3. The van der Waals surface area contributed by atoms with E-state index in [1.165, 1.54) is 0 Å². The number of aromatic nitrogens is 4. The van der Waals surface area contributed by atoms with Crippen LogP contribution in [0.25, 0.3) is 0 Å². The monoisotopic (exact) mass is 228 g/mol. The highest BCUT2D eigenvalue weighted by Crippen LogP contribution is 1.86. The number of H-pyrrole nitrogens is 1. The van der Waals surface area contributed by atoms with Crippen LogP contribution in [0.15, 0.2) is 4.99 Å². The summed E-state index contributed by atoms with van der Waals surface area (Å²) >= 11 is 0. The third kappa shape index (κ3) is 4.66. The number of aromatic amines is 1. The molecule has 0 aromatic carbocycles. The molecule has 0 saturated carbocycles. The largest absolute Gasteiger partial charge is 0.385 e. The zero-order valence-electron chi connectivity index (χ0n) is 9.10. The molecule has 0 amide bonds. The van der Waals surface area contributed by atoms with Gasteiger partial charge in [-0.15, -0.1) is 10.2 Å². The summed E-state index contributed by atoms with van der Waals surface area (Å²) in [5.74, 6) is 6.28. The number of nitrogens with zero attached hydrogens (tertiary/aromatic N) is 4. The lowest BCUT2D eigenvalue weighted by Gasteiger charge is -2.07. The normalized spacial score (nSPS) is 11.5. The summed E-state index contributed by atoms with van der Waals surface area (Å²) in [7, 11) is 1.66. The van der Waals surface area contributed by atoms with Crippen LogP contribution in [0.5, 0.6) is 0 Å². The Morgan fingerprint density at radius 2 is 2.50 bits per heavy atom. The van der Waals surface area contributed by atoms with Crippen molar-refractivity contribution in [2.24, 2.45) is 10.8 Å². The van der Waals surface area contributed by atoms with Crippen LogP contribution in [0.3, 0.4) is 0 Å². The number of nitrogens with two attached hydrogens (primary N) is 1. The zero-order valence-corrected chi connectivity index (χ0v) is 9.10. The second-order valence-corrected chi connectivity index (χ2v) is 2.91. The minimum Gasteiger partial charge on any atom is -0.385 e. The first-order chi connectivity index (χ1) is 7.86. The highest BCUT2D eigenvalue weighted by molar-refractivity contribution is 5.79. The first kappa shape index (κ1) is 12.3. The van der Waals surface area contributed by atoms with Crippen molar-refractivity contribution in [3.05, 3.63) is 5.82 Å². The third-order valence-electron chi connectivity index (χ3n) is 1.72. The van der Waals surface area contributed by atoms with Crippen molar-refractivity contribution in [2.45, 2.75) is 13.0 Å². The molecule has 0 bridgehead atoms. The third-order valence-corrected chi connectivity index (χ3v) is 1.72. The smallest absolute Gasteiger partial charge is 0.206 e. The Kier molecular flexibility index (Phi) is 5.81.